The van der Waals surface area contributed by atoms with Crippen LogP contribution in [0, 0.1) is 57.2 Å². The van der Waals surface area contributed by atoms with Gasteiger partial charge in [-0.25, -0.2) is 0 Å². The maximum atomic E-state index is 12.6. The minimum absolute atomic E-state index is 0.00387. The van der Waals surface area contributed by atoms with Gasteiger partial charge in [0.25, 0.3) is 0 Å². The summed E-state index contributed by atoms with van der Waals surface area (Å²) in [6.45, 7) is 27.2. The summed E-state index contributed by atoms with van der Waals surface area (Å²) in [7, 11) is 0. The van der Waals surface area contributed by atoms with E-state index in [9.17, 15) is 10.2 Å². The summed E-state index contributed by atoms with van der Waals surface area (Å²) in [6.07, 6.45) is 6.54. The topological polar surface area (TPSA) is 92.7 Å². The zero-order valence-electron chi connectivity index (χ0n) is 31.8. The molecule has 7 fully saturated rings. The molecule has 8 nitrogen and oxygen atoms in total. The third-order valence-electron chi connectivity index (χ3n) is 16.3. The average molecular weight is 675 g/mol. The standard InChI is InChI=1S/C40H70N2O6/c1-10-45-35(37(5,6)44)28-19-24(2)32-33(47-28)34(43)40(9)29-13-11-26-27(38(29,7)15-16-39(32,40)8)12-14-30(36(26,3)4)48-31-23-42(17-18-46-31)22-25-20-41-21-25/h24-35,41,43-44H,10-23H2,1-9H3/t24-,26-,27?,28-,29-,30+,31+,32?,33+,34+,35+,38+,39-,40-/m1/s1. The Kier molecular flexibility index (Phi) is 9.52. The Bertz CT molecular complexity index is 1160. The molecule has 8 heteroatoms. The van der Waals surface area contributed by atoms with Gasteiger partial charge in [-0.2, -0.15) is 0 Å². The van der Waals surface area contributed by atoms with Crippen LogP contribution in [0.1, 0.15) is 107 Å². The van der Waals surface area contributed by atoms with Crippen molar-refractivity contribution in [3.8, 4) is 0 Å². The summed E-state index contributed by atoms with van der Waals surface area (Å²) in [4.78, 5) is 2.56. The third kappa shape index (κ3) is 5.51. The largest absolute Gasteiger partial charge is 0.390 e. The number of aliphatic hydroxyl groups excluding tert-OH is 1. The van der Waals surface area contributed by atoms with Gasteiger partial charge in [0.15, 0.2) is 6.29 Å². The Labute approximate surface area is 291 Å². The predicted octanol–water partition coefficient (Wildman–Crippen LogP) is 5.48. The molecule has 48 heavy (non-hydrogen) atoms. The van der Waals surface area contributed by atoms with E-state index in [1.54, 1.807) is 0 Å². The molecule has 14 atom stereocenters. The van der Waals surface area contributed by atoms with Crippen molar-refractivity contribution in [2.75, 3.05) is 45.9 Å². The Morgan fingerprint density at radius 1 is 1.02 bits per heavy atom. The van der Waals surface area contributed by atoms with Crippen molar-refractivity contribution in [2.45, 2.75) is 150 Å². The maximum absolute atomic E-state index is 12.6. The fraction of sp³-hybridized carbons (Fsp3) is 1.00. The number of aliphatic hydroxyl groups is 2. The second kappa shape index (κ2) is 12.7. The Balaban J connectivity index is 1.09. The normalized spacial score (nSPS) is 50.1. The molecule has 3 aliphatic heterocycles. The molecule has 7 aliphatic rings. The number of hydrogen-bond donors (Lipinski definition) is 3. The highest BCUT2D eigenvalue weighted by atomic mass is 16.7. The van der Waals surface area contributed by atoms with Crippen LogP contribution >= 0.6 is 0 Å². The van der Waals surface area contributed by atoms with Crippen LogP contribution in [0.2, 0.25) is 0 Å². The number of fused-ring (bicyclic) bond motifs is 7. The molecule has 4 aliphatic carbocycles. The van der Waals surface area contributed by atoms with Crippen molar-refractivity contribution >= 4 is 0 Å². The summed E-state index contributed by atoms with van der Waals surface area (Å²) >= 11 is 0. The van der Waals surface area contributed by atoms with Gasteiger partial charge in [-0.3, -0.25) is 4.90 Å². The van der Waals surface area contributed by atoms with Gasteiger partial charge in [-0.05, 0) is 117 Å². The molecule has 3 N–H and O–H groups in total. The summed E-state index contributed by atoms with van der Waals surface area (Å²) in [5.41, 5.74) is -0.997. The van der Waals surface area contributed by atoms with E-state index in [-0.39, 0.29) is 46.3 Å². The molecule has 0 amide bonds. The van der Waals surface area contributed by atoms with E-state index in [0.29, 0.717) is 36.2 Å². The van der Waals surface area contributed by atoms with E-state index >= 15 is 0 Å². The number of nitrogens with zero attached hydrogens (tertiary/aromatic N) is 1. The molecule has 276 valence electrons. The van der Waals surface area contributed by atoms with Crippen LogP contribution in [0.25, 0.3) is 0 Å². The molecule has 0 aromatic heterocycles. The van der Waals surface area contributed by atoms with E-state index in [4.69, 9.17) is 18.9 Å². The molecule has 4 saturated carbocycles. The first kappa shape index (κ1) is 36.1. The third-order valence-corrected chi connectivity index (χ3v) is 16.3. The Morgan fingerprint density at radius 2 is 1.75 bits per heavy atom. The molecule has 3 saturated heterocycles. The van der Waals surface area contributed by atoms with Crippen molar-refractivity contribution < 1.29 is 29.2 Å². The number of morpholine rings is 1. The second-order valence-corrected chi connectivity index (χ2v) is 19.5. The highest BCUT2D eigenvalue weighted by molar-refractivity contribution is 5.23. The minimum atomic E-state index is -1.01. The second-order valence-electron chi connectivity index (χ2n) is 19.5. The van der Waals surface area contributed by atoms with Crippen LogP contribution in [-0.2, 0) is 18.9 Å². The molecular formula is C40H70N2O6. The summed E-state index contributed by atoms with van der Waals surface area (Å²) < 4.78 is 26.3. The van der Waals surface area contributed by atoms with E-state index in [1.165, 1.54) is 19.3 Å². The van der Waals surface area contributed by atoms with E-state index in [0.717, 1.165) is 70.9 Å². The number of rotatable bonds is 8. The van der Waals surface area contributed by atoms with Crippen molar-refractivity contribution in [2.24, 2.45) is 57.2 Å². The predicted molar refractivity (Wildman–Crippen MR) is 187 cm³/mol. The summed E-state index contributed by atoms with van der Waals surface area (Å²) in [5, 5.41) is 27.1. The first-order valence-electron chi connectivity index (χ1n) is 19.9. The molecule has 0 aromatic carbocycles. The monoisotopic (exact) mass is 675 g/mol. The van der Waals surface area contributed by atoms with Gasteiger partial charge >= 0.3 is 0 Å². The fourth-order valence-corrected chi connectivity index (χ4v) is 13.7. The van der Waals surface area contributed by atoms with Gasteiger partial charge in [0, 0.05) is 44.7 Å². The van der Waals surface area contributed by atoms with E-state index in [1.807, 2.05) is 20.8 Å². The summed E-state index contributed by atoms with van der Waals surface area (Å²) in [6, 6.07) is 0. The van der Waals surface area contributed by atoms with Gasteiger partial charge in [0.1, 0.15) is 6.10 Å². The van der Waals surface area contributed by atoms with Crippen molar-refractivity contribution in [1.82, 2.24) is 10.2 Å². The fourth-order valence-electron chi connectivity index (χ4n) is 13.7. The zero-order valence-corrected chi connectivity index (χ0v) is 31.8. The van der Waals surface area contributed by atoms with Crippen LogP contribution in [0.15, 0.2) is 0 Å². The van der Waals surface area contributed by atoms with Gasteiger partial charge in [-0.1, -0.05) is 41.5 Å². The molecule has 2 unspecified atom stereocenters. The molecular weight excluding hydrogens is 604 g/mol. The van der Waals surface area contributed by atoms with Crippen LogP contribution in [-0.4, -0.2) is 103 Å². The molecule has 7 rings (SSSR count). The van der Waals surface area contributed by atoms with Gasteiger partial charge < -0.3 is 34.5 Å². The lowest BCUT2D eigenvalue weighted by Crippen LogP contribution is -2.64. The minimum Gasteiger partial charge on any atom is -0.390 e. The Hall–Kier alpha value is -0.320. The number of hydrogen-bond acceptors (Lipinski definition) is 8. The van der Waals surface area contributed by atoms with Crippen LogP contribution in [0.5, 0.6) is 0 Å². The molecule has 0 radical (unpaired) electrons. The highest BCUT2D eigenvalue weighted by Crippen LogP contribution is 2.76. The number of ether oxygens (including phenoxy) is 4. The van der Waals surface area contributed by atoms with E-state index in [2.05, 4.69) is 51.8 Å². The first-order valence-corrected chi connectivity index (χ1v) is 19.9. The first-order chi connectivity index (χ1) is 22.6. The van der Waals surface area contributed by atoms with Gasteiger partial charge in [-0.15, -0.1) is 0 Å². The zero-order chi connectivity index (χ0) is 34.4. The van der Waals surface area contributed by atoms with E-state index < -0.39 is 17.8 Å². The number of nitrogens with one attached hydrogen (secondary N) is 1. The highest BCUT2D eigenvalue weighted by Gasteiger charge is 2.75. The van der Waals surface area contributed by atoms with Crippen molar-refractivity contribution in [3.63, 3.8) is 0 Å². The van der Waals surface area contributed by atoms with Gasteiger partial charge in [0.05, 0.1) is 36.6 Å². The SMILES string of the molecule is CCO[C@@H]([C@H]1C[C@@H](C)C2[C@H](O1)[C@H](O)[C@@]1(C)[C@@H]3CC[C@@H]4C(CC[C@H](O[C@H]5CN(CC6CNC6)CCO5)C4(C)C)[C@]3(C)CC[C@]21C)C(C)(C)O. The maximum Gasteiger partial charge on any atom is 0.170 e. The molecule has 0 aromatic rings. The Morgan fingerprint density at radius 3 is 2.42 bits per heavy atom. The smallest absolute Gasteiger partial charge is 0.170 e. The van der Waals surface area contributed by atoms with Crippen molar-refractivity contribution in [3.05, 3.63) is 0 Å². The van der Waals surface area contributed by atoms with Crippen LogP contribution in [0.3, 0.4) is 0 Å². The van der Waals surface area contributed by atoms with Gasteiger partial charge in [0.2, 0.25) is 0 Å². The van der Waals surface area contributed by atoms with Crippen LogP contribution in [0.4, 0.5) is 0 Å². The molecule has 3 heterocycles. The van der Waals surface area contributed by atoms with Crippen LogP contribution < -0.4 is 5.32 Å². The lowest BCUT2D eigenvalue weighted by atomic mass is 9.37. The lowest BCUT2D eigenvalue weighted by Gasteiger charge is -2.68. The van der Waals surface area contributed by atoms with Crippen molar-refractivity contribution in [1.29, 1.82) is 0 Å². The quantitative estimate of drug-likeness (QED) is 0.312. The molecule has 0 bridgehead atoms. The lowest BCUT2D eigenvalue weighted by molar-refractivity contribution is -0.260. The summed E-state index contributed by atoms with van der Waals surface area (Å²) in [5.74, 6) is 3.13. The average Bonchev–Trinajstić information content (AvgIpc) is 3.17. The molecule has 0 spiro atoms.